The van der Waals surface area contributed by atoms with Crippen LogP contribution >= 0.6 is 0 Å². The highest BCUT2D eigenvalue weighted by Gasteiger charge is 2.23. The van der Waals surface area contributed by atoms with Gasteiger partial charge in [-0.3, -0.25) is 4.79 Å². The zero-order valence-corrected chi connectivity index (χ0v) is 9.25. The van der Waals surface area contributed by atoms with Crippen molar-refractivity contribution in [2.75, 3.05) is 0 Å². The molecule has 0 aromatic rings. The highest BCUT2D eigenvalue weighted by atomic mass is 16.2. The van der Waals surface area contributed by atoms with Gasteiger partial charge >= 0.3 is 0 Å². The SMILES string of the molecule is CC[C@@H](N)C(=O)NC(C)C1CCCC1. The summed E-state index contributed by atoms with van der Waals surface area (Å²) in [5, 5.41) is 3.01. The average molecular weight is 198 g/mol. The number of hydrogen-bond acceptors (Lipinski definition) is 2. The molecule has 82 valence electrons. The summed E-state index contributed by atoms with van der Waals surface area (Å²) in [6.07, 6.45) is 5.84. The number of nitrogens with two attached hydrogens (primary N) is 1. The zero-order valence-electron chi connectivity index (χ0n) is 9.25. The van der Waals surface area contributed by atoms with Crippen LogP contribution in [0.2, 0.25) is 0 Å². The first-order valence-electron chi connectivity index (χ1n) is 5.71. The second kappa shape index (κ2) is 5.35. The first kappa shape index (κ1) is 11.5. The molecule has 1 amide bonds. The average Bonchev–Trinajstić information content (AvgIpc) is 2.69. The van der Waals surface area contributed by atoms with Crippen molar-refractivity contribution in [3.63, 3.8) is 0 Å². The lowest BCUT2D eigenvalue weighted by molar-refractivity contribution is -0.123. The summed E-state index contributed by atoms with van der Waals surface area (Å²) in [7, 11) is 0. The zero-order chi connectivity index (χ0) is 10.6. The summed E-state index contributed by atoms with van der Waals surface area (Å²) in [6.45, 7) is 4.03. The number of nitrogens with one attached hydrogen (secondary N) is 1. The molecular weight excluding hydrogens is 176 g/mol. The van der Waals surface area contributed by atoms with Crippen LogP contribution in [-0.2, 0) is 4.79 Å². The fraction of sp³-hybridized carbons (Fsp3) is 0.909. The molecule has 0 aliphatic heterocycles. The standard InChI is InChI=1S/C11H22N2O/c1-3-10(12)11(14)13-8(2)9-6-4-5-7-9/h8-10H,3-7,12H2,1-2H3,(H,13,14)/t8?,10-/m1/s1. The van der Waals surface area contributed by atoms with Crippen molar-refractivity contribution in [3.8, 4) is 0 Å². The number of amides is 1. The summed E-state index contributed by atoms with van der Waals surface area (Å²) in [5.74, 6) is 0.676. The second-order valence-corrected chi connectivity index (χ2v) is 4.36. The molecule has 0 aromatic heterocycles. The van der Waals surface area contributed by atoms with Gasteiger partial charge in [-0.2, -0.15) is 0 Å². The van der Waals surface area contributed by atoms with Gasteiger partial charge in [-0.05, 0) is 32.1 Å². The Morgan fingerprint density at radius 1 is 1.50 bits per heavy atom. The molecule has 1 unspecified atom stereocenters. The minimum atomic E-state index is -0.334. The van der Waals surface area contributed by atoms with Gasteiger partial charge in [0.15, 0.2) is 0 Å². The first-order valence-corrected chi connectivity index (χ1v) is 5.71. The van der Waals surface area contributed by atoms with Crippen LogP contribution < -0.4 is 11.1 Å². The fourth-order valence-corrected chi connectivity index (χ4v) is 2.09. The van der Waals surface area contributed by atoms with Crippen molar-refractivity contribution >= 4 is 5.91 Å². The van der Waals surface area contributed by atoms with Gasteiger partial charge in [-0.1, -0.05) is 19.8 Å². The number of rotatable bonds is 4. The topological polar surface area (TPSA) is 55.1 Å². The number of carbonyl (C=O) groups is 1. The molecule has 0 heterocycles. The van der Waals surface area contributed by atoms with E-state index < -0.39 is 0 Å². The maximum absolute atomic E-state index is 11.5. The van der Waals surface area contributed by atoms with Crippen LogP contribution in [0.25, 0.3) is 0 Å². The molecule has 0 radical (unpaired) electrons. The maximum Gasteiger partial charge on any atom is 0.237 e. The Kier molecular flexibility index (Phi) is 4.39. The van der Waals surface area contributed by atoms with Gasteiger partial charge in [-0.25, -0.2) is 0 Å². The molecule has 2 atom stereocenters. The molecule has 3 N–H and O–H groups in total. The van der Waals surface area contributed by atoms with Gasteiger partial charge in [0.1, 0.15) is 0 Å². The lowest BCUT2D eigenvalue weighted by atomic mass is 9.99. The van der Waals surface area contributed by atoms with Crippen molar-refractivity contribution in [1.29, 1.82) is 0 Å². The molecule has 1 aliphatic rings. The predicted octanol–water partition coefficient (Wildman–Crippen LogP) is 1.42. The molecule has 1 saturated carbocycles. The Bertz CT molecular complexity index is 188. The Balaban J connectivity index is 2.31. The smallest absolute Gasteiger partial charge is 0.237 e. The van der Waals surface area contributed by atoms with E-state index in [4.69, 9.17) is 5.73 Å². The lowest BCUT2D eigenvalue weighted by Crippen LogP contribution is -2.46. The van der Waals surface area contributed by atoms with E-state index in [1.54, 1.807) is 0 Å². The summed E-state index contributed by atoms with van der Waals surface area (Å²) >= 11 is 0. The molecule has 0 saturated heterocycles. The molecular formula is C11H22N2O. The van der Waals surface area contributed by atoms with E-state index in [-0.39, 0.29) is 11.9 Å². The van der Waals surface area contributed by atoms with Gasteiger partial charge < -0.3 is 11.1 Å². The van der Waals surface area contributed by atoms with Crippen LogP contribution in [0.5, 0.6) is 0 Å². The van der Waals surface area contributed by atoms with Gasteiger partial charge in [0.25, 0.3) is 0 Å². The third-order valence-electron chi connectivity index (χ3n) is 3.25. The van der Waals surface area contributed by atoms with E-state index in [0.717, 1.165) is 0 Å². The summed E-state index contributed by atoms with van der Waals surface area (Å²) in [6, 6.07) is -0.0403. The molecule has 3 heteroatoms. The predicted molar refractivity (Wildman–Crippen MR) is 57.8 cm³/mol. The van der Waals surface area contributed by atoms with Gasteiger partial charge in [-0.15, -0.1) is 0 Å². The minimum Gasteiger partial charge on any atom is -0.352 e. The second-order valence-electron chi connectivity index (χ2n) is 4.36. The van der Waals surface area contributed by atoms with Gasteiger partial charge in [0.05, 0.1) is 6.04 Å². The fourth-order valence-electron chi connectivity index (χ4n) is 2.09. The molecule has 0 bridgehead atoms. The van der Waals surface area contributed by atoms with Crippen molar-refractivity contribution < 1.29 is 4.79 Å². The molecule has 1 fully saturated rings. The van der Waals surface area contributed by atoms with Gasteiger partial charge in [0, 0.05) is 6.04 Å². The van der Waals surface area contributed by atoms with E-state index in [1.807, 2.05) is 6.92 Å². The summed E-state index contributed by atoms with van der Waals surface area (Å²) < 4.78 is 0. The number of hydrogen-bond donors (Lipinski definition) is 2. The molecule has 1 rings (SSSR count). The van der Waals surface area contributed by atoms with Crippen LogP contribution in [0.4, 0.5) is 0 Å². The van der Waals surface area contributed by atoms with Crippen molar-refractivity contribution in [2.24, 2.45) is 11.7 Å². The van der Waals surface area contributed by atoms with Crippen molar-refractivity contribution in [3.05, 3.63) is 0 Å². The Morgan fingerprint density at radius 2 is 2.07 bits per heavy atom. The Hall–Kier alpha value is -0.570. The van der Waals surface area contributed by atoms with Crippen LogP contribution in [-0.4, -0.2) is 18.0 Å². The summed E-state index contributed by atoms with van der Waals surface area (Å²) in [5.41, 5.74) is 5.65. The normalized spacial score (nSPS) is 21.9. The highest BCUT2D eigenvalue weighted by molar-refractivity contribution is 5.81. The Labute approximate surface area is 86.4 Å². The van der Waals surface area contributed by atoms with Crippen LogP contribution in [0.3, 0.4) is 0 Å². The first-order chi connectivity index (χ1) is 6.65. The number of carbonyl (C=O) groups excluding carboxylic acids is 1. The molecule has 0 aromatic carbocycles. The van der Waals surface area contributed by atoms with Gasteiger partial charge in [0.2, 0.25) is 5.91 Å². The van der Waals surface area contributed by atoms with Crippen LogP contribution in [0.1, 0.15) is 46.0 Å². The van der Waals surface area contributed by atoms with E-state index in [9.17, 15) is 4.79 Å². The van der Waals surface area contributed by atoms with E-state index >= 15 is 0 Å². The quantitative estimate of drug-likeness (QED) is 0.717. The lowest BCUT2D eigenvalue weighted by Gasteiger charge is -2.22. The molecule has 1 aliphatic carbocycles. The third-order valence-corrected chi connectivity index (χ3v) is 3.25. The maximum atomic E-state index is 11.5. The Morgan fingerprint density at radius 3 is 2.57 bits per heavy atom. The van der Waals surface area contributed by atoms with E-state index in [1.165, 1.54) is 25.7 Å². The van der Waals surface area contributed by atoms with Crippen molar-refractivity contribution in [1.82, 2.24) is 5.32 Å². The molecule has 0 spiro atoms. The highest BCUT2D eigenvalue weighted by Crippen LogP contribution is 2.27. The van der Waals surface area contributed by atoms with Crippen LogP contribution in [0.15, 0.2) is 0 Å². The minimum absolute atomic E-state index is 0.00639. The molecule has 3 nitrogen and oxygen atoms in total. The largest absolute Gasteiger partial charge is 0.352 e. The van der Waals surface area contributed by atoms with Crippen molar-refractivity contribution in [2.45, 2.75) is 58.0 Å². The van der Waals surface area contributed by atoms with E-state index in [2.05, 4.69) is 12.2 Å². The molecule has 14 heavy (non-hydrogen) atoms. The van der Waals surface area contributed by atoms with E-state index in [0.29, 0.717) is 18.4 Å². The van der Waals surface area contributed by atoms with Crippen LogP contribution in [0, 0.1) is 5.92 Å². The summed E-state index contributed by atoms with van der Waals surface area (Å²) in [4.78, 5) is 11.5. The monoisotopic (exact) mass is 198 g/mol. The third kappa shape index (κ3) is 2.98.